The molecule has 0 fully saturated rings. The van der Waals surface area contributed by atoms with Crippen molar-refractivity contribution in [3.8, 4) is 23.0 Å². The predicted octanol–water partition coefficient (Wildman–Crippen LogP) is 5.50. The molecule has 0 spiro atoms. The number of hydrogen-bond donors (Lipinski definition) is 2. The Labute approximate surface area is 146 Å². The molecule has 0 unspecified atom stereocenters. The van der Waals surface area contributed by atoms with Crippen molar-refractivity contribution in [1.82, 2.24) is 0 Å². The first-order chi connectivity index (χ1) is 11.6. The zero-order valence-corrected chi connectivity index (χ0v) is 15.8. The van der Waals surface area contributed by atoms with Gasteiger partial charge in [0.25, 0.3) is 0 Å². The van der Waals surface area contributed by atoms with E-state index in [1.165, 1.54) is 45.6 Å². The minimum absolute atomic E-state index is 0.0704. The van der Waals surface area contributed by atoms with E-state index in [1.54, 1.807) is 0 Å². The molecule has 0 saturated carbocycles. The van der Waals surface area contributed by atoms with Gasteiger partial charge in [-0.3, -0.25) is 0 Å². The van der Waals surface area contributed by atoms with Crippen molar-refractivity contribution in [1.29, 1.82) is 0 Å². The van der Waals surface area contributed by atoms with Crippen LogP contribution in [0.2, 0.25) is 0 Å². The number of phenols is 2. The predicted molar refractivity (Wildman–Crippen MR) is 98.5 cm³/mol. The number of methoxy groups -OCH3 is 1. The lowest BCUT2D eigenvalue weighted by Gasteiger charge is -2.18. The van der Waals surface area contributed by atoms with Crippen LogP contribution in [0.25, 0.3) is 0 Å². The number of phenolic OH excluding ortho intramolecular Hbond substituents is 2. The van der Waals surface area contributed by atoms with E-state index in [0.717, 1.165) is 24.8 Å². The largest absolute Gasteiger partial charge is 0.504 e. The van der Waals surface area contributed by atoms with Gasteiger partial charge >= 0.3 is 0 Å². The Morgan fingerprint density at radius 2 is 1.38 bits per heavy atom. The maximum absolute atomic E-state index is 10.5. The van der Waals surface area contributed by atoms with Gasteiger partial charge in [-0.05, 0) is 26.7 Å². The first-order valence-corrected chi connectivity index (χ1v) is 9.32. The summed E-state index contributed by atoms with van der Waals surface area (Å²) in [6.45, 7) is 6.28. The van der Waals surface area contributed by atoms with E-state index in [-0.39, 0.29) is 23.0 Å². The van der Waals surface area contributed by atoms with Crippen LogP contribution in [0.3, 0.4) is 0 Å². The fourth-order valence-electron chi connectivity index (χ4n) is 3.05. The van der Waals surface area contributed by atoms with Crippen LogP contribution < -0.4 is 9.47 Å². The molecule has 0 aromatic heterocycles. The molecule has 0 radical (unpaired) electrons. The molecule has 0 saturated heterocycles. The third kappa shape index (κ3) is 5.50. The Balaban J connectivity index is 2.63. The lowest BCUT2D eigenvalue weighted by atomic mass is 9.98. The summed E-state index contributed by atoms with van der Waals surface area (Å²) in [4.78, 5) is 0. The summed E-state index contributed by atoms with van der Waals surface area (Å²) in [7, 11) is 1.48. The van der Waals surface area contributed by atoms with Crippen molar-refractivity contribution in [3.05, 3.63) is 11.1 Å². The fraction of sp³-hybridized carbons (Fsp3) is 0.700. The molecule has 1 aromatic carbocycles. The van der Waals surface area contributed by atoms with Crippen LogP contribution in [0.15, 0.2) is 0 Å². The van der Waals surface area contributed by atoms with Gasteiger partial charge in [-0.25, -0.2) is 0 Å². The Morgan fingerprint density at radius 3 is 1.92 bits per heavy atom. The molecule has 0 atom stereocenters. The summed E-state index contributed by atoms with van der Waals surface area (Å²) in [6.07, 6.45) is 10.6. The van der Waals surface area contributed by atoms with Crippen molar-refractivity contribution in [2.75, 3.05) is 13.7 Å². The normalized spacial score (nSPS) is 10.8. The maximum Gasteiger partial charge on any atom is 0.207 e. The molecule has 4 heteroatoms. The highest BCUT2D eigenvalue weighted by atomic mass is 16.5. The van der Waals surface area contributed by atoms with Crippen molar-refractivity contribution >= 4 is 0 Å². The summed E-state index contributed by atoms with van der Waals surface area (Å²) >= 11 is 0. The van der Waals surface area contributed by atoms with Crippen LogP contribution in [0.4, 0.5) is 0 Å². The molecule has 1 rings (SSSR count). The van der Waals surface area contributed by atoms with Gasteiger partial charge in [-0.15, -0.1) is 0 Å². The number of aromatic hydroxyl groups is 2. The Kier molecular flexibility index (Phi) is 9.43. The quantitative estimate of drug-likeness (QED) is 0.390. The van der Waals surface area contributed by atoms with Crippen LogP contribution in [0, 0.1) is 6.92 Å². The van der Waals surface area contributed by atoms with Gasteiger partial charge < -0.3 is 19.7 Å². The summed E-state index contributed by atoms with van der Waals surface area (Å²) in [5.74, 6) is 0.629. The third-order valence-corrected chi connectivity index (χ3v) is 4.50. The fourth-order valence-corrected chi connectivity index (χ4v) is 3.05. The van der Waals surface area contributed by atoms with E-state index in [4.69, 9.17) is 9.47 Å². The third-order valence-electron chi connectivity index (χ3n) is 4.50. The van der Waals surface area contributed by atoms with Crippen LogP contribution >= 0.6 is 0 Å². The monoisotopic (exact) mass is 338 g/mol. The van der Waals surface area contributed by atoms with E-state index in [2.05, 4.69) is 6.92 Å². The summed E-state index contributed by atoms with van der Waals surface area (Å²) in [5, 5.41) is 20.8. The van der Waals surface area contributed by atoms with Gasteiger partial charge in [-0.1, -0.05) is 51.9 Å². The van der Waals surface area contributed by atoms with Crippen molar-refractivity contribution in [2.45, 2.75) is 78.6 Å². The molecular weight excluding hydrogens is 304 g/mol. The minimum Gasteiger partial charge on any atom is -0.504 e. The molecular formula is C20H34O4. The molecule has 4 nitrogen and oxygen atoms in total. The second kappa shape index (κ2) is 11.1. The number of rotatable bonds is 12. The standard InChI is InChI=1S/C20H34O4/c1-5-7-8-9-10-11-12-13-14-16-15(3)17(21)20(24-6-2)19(23-4)18(16)22/h21-22H,5-14H2,1-4H3. The van der Waals surface area contributed by atoms with Crippen molar-refractivity contribution in [2.24, 2.45) is 0 Å². The highest BCUT2D eigenvalue weighted by Gasteiger charge is 2.23. The first-order valence-electron chi connectivity index (χ1n) is 9.32. The topological polar surface area (TPSA) is 58.9 Å². The van der Waals surface area contributed by atoms with Crippen molar-refractivity contribution in [3.63, 3.8) is 0 Å². The van der Waals surface area contributed by atoms with E-state index in [9.17, 15) is 10.2 Å². The molecule has 0 aliphatic rings. The number of unbranched alkanes of at least 4 members (excludes halogenated alkanes) is 7. The van der Waals surface area contributed by atoms with E-state index >= 15 is 0 Å². The Morgan fingerprint density at radius 1 is 0.792 bits per heavy atom. The molecule has 0 heterocycles. The number of benzene rings is 1. The van der Waals surface area contributed by atoms with Crippen LogP contribution in [-0.4, -0.2) is 23.9 Å². The zero-order valence-electron chi connectivity index (χ0n) is 15.8. The molecule has 0 bridgehead atoms. The van der Waals surface area contributed by atoms with Crippen LogP contribution in [0.5, 0.6) is 23.0 Å². The molecule has 0 amide bonds. The Bertz CT molecular complexity index is 497. The first kappa shape index (κ1) is 20.5. The second-order valence-corrected chi connectivity index (χ2v) is 6.32. The average Bonchev–Trinajstić information content (AvgIpc) is 2.58. The van der Waals surface area contributed by atoms with E-state index < -0.39 is 0 Å². The van der Waals surface area contributed by atoms with E-state index in [1.807, 2.05) is 13.8 Å². The van der Waals surface area contributed by atoms with Gasteiger partial charge in [-0.2, -0.15) is 0 Å². The Hall–Kier alpha value is -1.58. The summed E-state index contributed by atoms with van der Waals surface area (Å²) in [5.41, 5.74) is 1.44. The number of ether oxygens (including phenoxy) is 2. The van der Waals surface area contributed by atoms with Crippen LogP contribution in [-0.2, 0) is 6.42 Å². The lowest BCUT2D eigenvalue weighted by Crippen LogP contribution is -2.01. The summed E-state index contributed by atoms with van der Waals surface area (Å²) in [6, 6.07) is 0. The highest BCUT2D eigenvalue weighted by molar-refractivity contribution is 5.65. The average molecular weight is 338 g/mol. The van der Waals surface area contributed by atoms with Gasteiger partial charge in [0.2, 0.25) is 11.5 Å². The van der Waals surface area contributed by atoms with Gasteiger partial charge in [0, 0.05) is 11.1 Å². The minimum atomic E-state index is 0.0704. The van der Waals surface area contributed by atoms with E-state index in [0.29, 0.717) is 12.2 Å². The van der Waals surface area contributed by atoms with Gasteiger partial charge in [0.1, 0.15) is 0 Å². The summed E-state index contributed by atoms with van der Waals surface area (Å²) < 4.78 is 10.7. The second-order valence-electron chi connectivity index (χ2n) is 6.32. The van der Waals surface area contributed by atoms with Gasteiger partial charge in [0.05, 0.1) is 13.7 Å². The highest BCUT2D eigenvalue weighted by Crippen LogP contribution is 2.48. The molecule has 1 aromatic rings. The molecule has 24 heavy (non-hydrogen) atoms. The molecule has 2 N–H and O–H groups in total. The van der Waals surface area contributed by atoms with Gasteiger partial charge in [0.15, 0.2) is 11.5 Å². The lowest BCUT2D eigenvalue weighted by molar-refractivity contribution is 0.282. The van der Waals surface area contributed by atoms with Crippen LogP contribution in [0.1, 0.15) is 76.3 Å². The van der Waals surface area contributed by atoms with Crippen molar-refractivity contribution < 1.29 is 19.7 Å². The molecule has 138 valence electrons. The smallest absolute Gasteiger partial charge is 0.207 e. The molecule has 0 aliphatic heterocycles. The SMILES string of the molecule is CCCCCCCCCCc1c(C)c(O)c(OCC)c(OC)c1O. The maximum atomic E-state index is 10.5. The number of hydrogen-bond acceptors (Lipinski definition) is 4. The molecule has 0 aliphatic carbocycles. The zero-order chi connectivity index (χ0) is 17.9.